The molecule has 0 aliphatic rings. The fraction of sp³-hybridized carbons (Fsp3) is 0.667. The molecule has 1 aromatic rings. The lowest BCUT2D eigenvalue weighted by molar-refractivity contribution is -0.212. The van der Waals surface area contributed by atoms with Crippen molar-refractivity contribution in [2.24, 2.45) is 4.40 Å². The van der Waals surface area contributed by atoms with Gasteiger partial charge in [-0.2, -0.15) is 26.0 Å². The Morgan fingerprint density at radius 1 is 0.969 bits per heavy atom. The first-order valence-corrected chi connectivity index (χ1v) is 14.3. The molecule has 184 valence electrons. The standard InChI is InChI=1S/C21H30F3I2NO4S/c1-2-3-4-5-6-7-8-9-10-11-12-13-31-19-17(14-16(25)15-18(19)26)20(28)27-32(29,30)21(22,23)24/h14-15H,2-13H2,1H3,(H,27,28)/p-1. The number of rotatable bonds is 15. The summed E-state index contributed by atoms with van der Waals surface area (Å²) in [4.78, 5) is 0. The van der Waals surface area contributed by atoms with E-state index in [-0.39, 0.29) is 17.9 Å². The van der Waals surface area contributed by atoms with E-state index < -0.39 is 21.4 Å². The largest absolute Gasteiger partial charge is 0.858 e. The van der Waals surface area contributed by atoms with Gasteiger partial charge in [0.25, 0.3) is 0 Å². The summed E-state index contributed by atoms with van der Waals surface area (Å²) in [5.74, 6) is -1.43. The second-order valence-electron chi connectivity index (χ2n) is 7.47. The van der Waals surface area contributed by atoms with E-state index >= 15 is 0 Å². The first-order valence-electron chi connectivity index (χ1n) is 10.7. The first-order chi connectivity index (χ1) is 15.0. The maximum absolute atomic E-state index is 12.6. The van der Waals surface area contributed by atoms with Crippen molar-refractivity contribution in [1.82, 2.24) is 0 Å². The summed E-state index contributed by atoms with van der Waals surface area (Å²) < 4.78 is 69.3. The molecule has 0 spiro atoms. The quantitative estimate of drug-likeness (QED) is 0.0901. The van der Waals surface area contributed by atoms with Crippen molar-refractivity contribution in [3.63, 3.8) is 0 Å². The molecule has 5 nitrogen and oxygen atoms in total. The zero-order valence-electron chi connectivity index (χ0n) is 18.0. The molecular weight excluding hydrogens is 673 g/mol. The van der Waals surface area contributed by atoms with Gasteiger partial charge < -0.3 is 9.84 Å². The number of sulfonamides is 1. The Labute approximate surface area is 215 Å². The van der Waals surface area contributed by atoms with Gasteiger partial charge in [-0.3, -0.25) is 0 Å². The van der Waals surface area contributed by atoms with E-state index in [9.17, 15) is 26.7 Å². The van der Waals surface area contributed by atoms with Gasteiger partial charge in [0, 0.05) is 15.0 Å². The van der Waals surface area contributed by atoms with Crippen LogP contribution < -0.4 is 9.84 Å². The highest BCUT2D eigenvalue weighted by Gasteiger charge is 2.45. The highest BCUT2D eigenvalue weighted by molar-refractivity contribution is 14.1. The van der Waals surface area contributed by atoms with Crippen LogP contribution >= 0.6 is 45.2 Å². The minimum Gasteiger partial charge on any atom is -0.858 e. The molecular formula is C21H29F3I2NO4S-. The third kappa shape index (κ3) is 10.7. The van der Waals surface area contributed by atoms with Crippen molar-refractivity contribution in [3.8, 4) is 5.75 Å². The van der Waals surface area contributed by atoms with Crippen LogP contribution in [0.5, 0.6) is 5.75 Å². The van der Waals surface area contributed by atoms with Crippen molar-refractivity contribution in [2.45, 2.75) is 83.1 Å². The molecule has 0 fully saturated rings. The van der Waals surface area contributed by atoms with Gasteiger partial charge >= 0.3 is 15.5 Å². The molecule has 0 saturated carbocycles. The van der Waals surface area contributed by atoms with Crippen LogP contribution in [0, 0.1) is 7.14 Å². The molecule has 0 aromatic heterocycles. The van der Waals surface area contributed by atoms with Gasteiger partial charge in [-0.05, 0) is 63.7 Å². The molecule has 0 heterocycles. The second kappa shape index (κ2) is 14.8. The predicted octanol–water partition coefficient (Wildman–Crippen LogP) is 6.54. The Bertz CT molecular complexity index is 846. The number of ether oxygens (including phenoxy) is 1. The predicted molar refractivity (Wildman–Crippen MR) is 135 cm³/mol. The Morgan fingerprint density at radius 2 is 1.47 bits per heavy atom. The average molecular weight is 702 g/mol. The summed E-state index contributed by atoms with van der Waals surface area (Å²) in [6.45, 7) is 2.48. The van der Waals surface area contributed by atoms with Crippen molar-refractivity contribution in [1.29, 1.82) is 0 Å². The molecule has 0 aliphatic heterocycles. The Hall–Kier alpha value is -0.310. The molecule has 0 saturated heterocycles. The van der Waals surface area contributed by atoms with Crippen LogP contribution in [0.25, 0.3) is 0 Å². The molecule has 0 amide bonds. The average Bonchev–Trinajstić information content (AvgIpc) is 2.68. The molecule has 0 bridgehead atoms. The third-order valence-electron chi connectivity index (χ3n) is 4.73. The molecule has 1 aromatic carbocycles. The maximum atomic E-state index is 12.6. The fourth-order valence-electron chi connectivity index (χ4n) is 3.02. The summed E-state index contributed by atoms with van der Waals surface area (Å²) in [5.41, 5.74) is -5.92. The molecule has 0 radical (unpaired) electrons. The van der Waals surface area contributed by atoms with Crippen LogP contribution in [-0.4, -0.2) is 26.4 Å². The molecule has 11 heteroatoms. The van der Waals surface area contributed by atoms with Crippen molar-refractivity contribution in [2.75, 3.05) is 6.61 Å². The van der Waals surface area contributed by atoms with Gasteiger partial charge in [0.05, 0.1) is 10.2 Å². The SMILES string of the molecule is CCCCCCCCCCCCCOc1c(I)cc(I)cc1/C([O-])=N/S(=O)(=O)C(F)(F)F. The molecule has 0 atom stereocenters. The minimum atomic E-state index is -5.92. The minimum absolute atomic E-state index is 0.0595. The first kappa shape index (κ1) is 29.7. The van der Waals surface area contributed by atoms with Crippen LogP contribution in [0.4, 0.5) is 13.2 Å². The summed E-state index contributed by atoms with van der Waals surface area (Å²) in [7, 11) is -5.92. The summed E-state index contributed by atoms with van der Waals surface area (Å²) in [6, 6.07) is 2.96. The van der Waals surface area contributed by atoms with Gasteiger partial charge in [-0.25, -0.2) is 0 Å². The molecule has 0 N–H and O–H groups in total. The van der Waals surface area contributed by atoms with Crippen molar-refractivity contribution in [3.05, 3.63) is 24.8 Å². The zero-order chi connectivity index (χ0) is 24.2. The maximum Gasteiger partial charge on any atom is 0.518 e. The van der Waals surface area contributed by atoms with E-state index in [0.717, 1.165) is 25.7 Å². The number of halogens is 5. The van der Waals surface area contributed by atoms with Crippen LogP contribution in [0.2, 0.25) is 0 Å². The van der Waals surface area contributed by atoms with Gasteiger partial charge in [0.2, 0.25) is 0 Å². The Morgan fingerprint density at radius 3 is 1.97 bits per heavy atom. The number of benzene rings is 1. The summed E-state index contributed by atoms with van der Waals surface area (Å²) in [6.07, 6.45) is 12.8. The lowest BCUT2D eigenvalue weighted by Gasteiger charge is -2.18. The Kier molecular flexibility index (Phi) is 13.8. The Balaban J connectivity index is 2.57. The number of hydrogen-bond acceptors (Lipinski definition) is 4. The van der Waals surface area contributed by atoms with Crippen molar-refractivity contribution >= 4 is 61.1 Å². The van der Waals surface area contributed by atoms with Gasteiger partial charge in [0.1, 0.15) is 5.75 Å². The lowest BCUT2D eigenvalue weighted by atomic mass is 10.1. The van der Waals surface area contributed by atoms with Gasteiger partial charge in [-0.1, -0.05) is 71.1 Å². The molecule has 32 heavy (non-hydrogen) atoms. The second-order valence-corrected chi connectivity index (χ2v) is 11.5. The van der Waals surface area contributed by atoms with E-state index in [0.29, 0.717) is 7.14 Å². The number of hydrogen-bond donors (Lipinski definition) is 0. The molecule has 0 aliphatic carbocycles. The van der Waals surface area contributed by atoms with Crippen LogP contribution in [-0.2, 0) is 10.0 Å². The smallest absolute Gasteiger partial charge is 0.518 e. The highest BCUT2D eigenvalue weighted by Crippen LogP contribution is 2.30. The molecule has 1 rings (SSSR count). The van der Waals surface area contributed by atoms with E-state index in [1.54, 1.807) is 6.07 Å². The lowest BCUT2D eigenvalue weighted by Crippen LogP contribution is -2.28. The van der Waals surface area contributed by atoms with E-state index in [4.69, 9.17) is 4.74 Å². The van der Waals surface area contributed by atoms with Crippen LogP contribution in [0.15, 0.2) is 16.5 Å². The van der Waals surface area contributed by atoms with Crippen LogP contribution in [0.1, 0.15) is 83.1 Å². The molecule has 0 unspecified atom stereocenters. The fourth-order valence-corrected chi connectivity index (χ4v) is 5.44. The van der Waals surface area contributed by atoms with Crippen molar-refractivity contribution < 1.29 is 31.4 Å². The van der Waals surface area contributed by atoms with E-state index in [2.05, 4.69) is 11.3 Å². The van der Waals surface area contributed by atoms with Crippen LogP contribution in [0.3, 0.4) is 0 Å². The van der Waals surface area contributed by atoms with Gasteiger partial charge in [0.15, 0.2) is 0 Å². The summed E-state index contributed by atoms with van der Waals surface area (Å²) in [5, 5.41) is 12.2. The monoisotopic (exact) mass is 702 g/mol. The highest BCUT2D eigenvalue weighted by atomic mass is 127. The zero-order valence-corrected chi connectivity index (χ0v) is 23.1. The number of nitrogens with zero attached hydrogens (tertiary/aromatic N) is 1. The van der Waals surface area contributed by atoms with Gasteiger partial charge in [-0.15, -0.1) is 0 Å². The topological polar surface area (TPSA) is 78.8 Å². The van der Waals surface area contributed by atoms with E-state index in [1.165, 1.54) is 51.0 Å². The van der Waals surface area contributed by atoms with E-state index in [1.807, 2.05) is 45.2 Å². The number of unbranched alkanes of at least 4 members (excludes halogenated alkanes) is 10. The summed E-state index contributed by atoms with van der Waals surface area (Å²) >= 11 is 3.78. The number of alkyl halides is 3. The normalized spacial score (nSPS) is 12.9. The third-order valence-corrected chi connectivity index (χ3v) is 7.14.